The minimum absolute atomic E-state index is 0.273. The van der Waals surface area contributed by atoms with Crippen molar-refractivity contribution in [3.8, 4) is 0 Å². The van der Waals surface area contributed by atoms with Crippen LogP contribution in [0.4, 0.5) is 0 Å². The van der Waals surface area contributed by atoms with Gasteiger partial charge in [0.1, 0.15) is 0 Å². The van der Waals surface area contributed by atoms with Crippen LogP contribution in [-0.2, 0) is 0 Å². The third-order valence-corrected chi connectivity index (χ3v) is 2.66. The Morgan fingerprint density at radius 3 is 2.82 bits per heavy atom. The van der Waals surface area contributed by atoms with E-state index in [4.69, 9.17) is 5.73 Å². The van der Waals surface area contributed by atoms with Gasteiger partial charge in [0.25, 0.3) is 0 Å². The van der Waals surface area contributed by atoms with Crippen LogP contribution in [0, 0.1) is 5.92 Å². The maximum atomic E-state index is 6.02. The first-order chi connectivity index (χ1) is 5.38. The van der Waals surface area contributed by atoms with Crippen molar-refractivity contribution in [2.75, 3.05) is 0 Å². The fourth-order valence-corrected chi connectivity index (χ4v) is 1.62. The zero-order valence-corrected chi connectivity index (χ0v) is 6.59. The molecule has 0 aromatic carbocycles. The Morgan fingerprint density at radius 1 is 1.55 bits per heavy atom. The molecule has 0 aliphatic heterocycles. The number of aromatic nitrogens is 1. The van der Waals surface area contributed by atoms with Gasteiger partial charge in [-0.1, -0.05) is 6.42 Å². The van der Waals surface area contributed by atoms with Crippen molar-refractivity contribution in [2.24, 2.45) is 11.7 Å². The topological polar surface area (TPSA) is 41.8 Å². The predicted octanol–water partition coefficient (Wildman–Crippen LogP) is 1.81. The van der Waals surface area contributed by atoms with Crippen molar-refractivity contribution >= 4 is 0 Å². The molecular formula is C9H14N2. The molecule has 0 radical (unpaired) electrons. The zero-order valence-electron chi connectivity index (χ0n) is 6.59. The molecule has 0 amide bonds. The van der Waals surface area contributed by atoms with E-state index >= 15 is 0 Å². The van der Waals surface area contributed by atoms with Gasteiger partial charge in [0, 0.05) is 18.4 Å². The molecule has 2 rings (SSSR count). The Balaban J connectivity index is 2.04. The minimum Gasteiger partial charge on any atom is -0.367 e. The molecule has 60 valence electrons. The lowest BCUT2D eigenvalue weighted by molar-refractivity contribution is 0.264. The molecule has 1 fully saturated rings. The SMILES string of the molecule is N[C@H](c1cc[nH]c1)C1CCC1. The first-order valence-corrected chi connectivity index (χ1v) is 4.26. The van der Waals surface area contributed by atoms with Crippen LogP contribution in [0.5, 0.6) is 0 Å². The van der Waals surface area contributed by atoms with Crippen LogP contribution < -0.4 is 5.73 Å². The normalized spacial score (nSPS) is 21.2. The zero-order chi connectivity index (χ0) is 7.68. The molecule has 1 aromatic heterocycles. The van der Waals surface area contributed by atoms with E-state index in [-0.39, 0.29) is 6.04 Å². The van der Waals surface area contributed by atoms with Crippen LogP contribution in [-0.4, -0.2) is 4.98 Å². The molecule has 0 saturated heterocycles. The van der Waals surface area contributed by atoms with Crippen molar-refractivity contribution in [2.45, 2.75) is 25.3 Å². The molecule has 11 heavy (non-hydrogen) atoms. The standard InChI is InChI=1S/C9H14N2/c10-9(7-2-1-3-7)8-4-5-11-6-8/h4-7,9,11H,1-3,10H2/t9-/m0/s1. The number of aromatic amines is 1. The molecule has 1 heterocycles. The highest BCUT2D eigenvalue weighted by atomic mass is 14.7. The molecule has 1 saturated carbocycles. The predicted molar refractivity (Wildman–Crippen MR) is 45.1 cm³/mol. The number of H-pyrrole nitrogens is 1. The fourth-order valence-electron chi connectivity index (χ4n) is 1.62. The lowest BCUT2D eigenvalue weighted by Gasteiger charge is -2.30. The van der Waals surface area contributed by atoms with Crippen molar-refractivity contribution in [3.63, 3.8) is 0 Å². The molecule has 0 unspecified atom stereocenters. The highest BCUT2D eigenvalue weighted by molar-refractivity contribution is 5.15. The van der Waals surface area contributed by atoms with E-state index in [1.54, 1.807) is 0 Å². The maximum Gasteiger partial charge on any atom is 0.0338 e. The summed E-state index contributed by atoms with van der Waals surface area (Å²) in [4.78, 5) is 3.03. The molecular weight excluding hydrogens is 136 g/mol. The molecule has 1 aromatic rings. The number of hydrogen-bond acceptors (Lipinski definition) is 1. The Kier molecular flexibility index (Phi) is 1.70. The Labute approximate surface area is 66.8 Å². The molecule has 2 nitrogen and oxygen atoms in total. The van der Waals surface area contributed by atoms with Crippen molar-refractivity contribution in [3.05, 3.63) is 24.0 Å². The van der Waals surface area contributed by atoms with Crippen LogP contribution in [0.15, 0.2) is 18.5 Å². The second kappa shape index (κ2) is 2.70. The number of hydrogen-bond donors (Lipinski definition) is 2. The monoisotopic (exact) mass is 150 g/mol. The van der Waals surface area contributed by atoms with E-state index in [0.717, 1.165) is 5.92 Å². The minimum atomic E-state index is 0.273. The summed E-state index contributed by atoms with van der Waals surface area (Å²) in [6.45, 7) is 0. The van der Waals surface area contributed by atoms with Gasteiger partial charge in [0.15, 0.2) is 0 Å². The molecule has 0 spiro atoms. The fraction of sp³-hybridized carbons (Fsp3) is 0.556. The maximum absolute atomic E-state index is 6.02. The summed E-state index contributed by atoms with van der Waals surface area (Å²) in [6.07, 6.45) is 7.93. The van der Waals surface area contributed by atoms with E-state index in [9.17, 15) is 0 Å². The Bertz CT molecular complexity index is 211. The van der Waals surface area contributed by atoms with Crippen molar-refractivity contribution < 1.29 is 0 Å². The van der Waals surface area contributed by atoms with Crippen LogP contribution in [0.3, 0.4) is 0 Å². The van der Waals surface area contributed by atoms with E-state index in [1.807, 2.05) is 12.4 Å². The highest BCUT2D eigenvalue weighted by Crippen LogP contribution is 2.35. The summed E-state index contributed by atoms with van der Waals surface area (Å²) >= 11 is 0. The van der Waals surface area contributed by atoms with Gasteiger partial charge in [-0.3, -0.25) is 0 Å². The number of nitrogens with two attached hydrogens (primary N) is 1. The van der Waals surface area contributed by atoms with Crippen LogP contribution >= 0.6 is 0 Å². The van der Waals surface area contributed by atoms with E-state index in [2.05, 4.69) is 11.1 Å². The lowest BCUT2D eigenvalue weighted by Crippen LogP contribution is -2.26. The highest BCUT2D eigenvalue weighted by Gasteiger charge is 2.25. The summed E-state index contributed by atoms with van der Waals surface area (Å²) in [5, 5.41) is 0. The number of nitrogens with one attached hydrogen (secondary N) is 1. The van der Waals surface area contributed by atoms with Gasteiger partial charge in [0.2, 0.25) is 0 Å². The smallest absolute Gasteiger partial charge is 0.0338 e. The van der Waals surface area contributed by atoms with Crippen molar-refractivity contribution in [1.82, 2.24) is 4.98 Å². The van der Waals surface area contributed by atoms with Crippen molar-refractivity contribution in [1.29, 1.82) is 0 Å². The Hall–Kier alpha value is -0.760. The number of rotatable bonds is 2. The molecule has 1 aliphatic carbocycles. The molecule has 0 bridgehead atoms. The quantitative estimate of drug-likeness (QED) is 0.663. The molecule has 3 N–H and O–H groups in total. The summed E-state index contributed by atoms with van der Waals surface area (Å²) in [5.41, 5.74) is 7.28. The third-order valence-electron chi connectivity index (χ3n) is 2.66. The Morgan fingerprint density at radius 2 is 2.36 bits per heavy atom. The second-order valence-corrected chi connectivity index (χ2v) is 3.36. The summed E-state index contributed by atoms with van der Waals surface area (Å²) < 4.78 is 0. The van der Waals surface area contributed by atoms with Gasteiger partial charge >= 0.3 is 0 Å². The van der Waals surface area contributed by atoms with Gasteiger partial charge in [-0.2, -0.15) is 0 Å². The van der Waals surface area contributed by atoms with Gasteiger partial charge in [-0.15, -0.1) is 0 Å². The molecule has 2 heteroatoms. The van der Waals surface area contributed by atoms with E-state index < -0.39 is 0 Å². The van der Waals surface area contributed by atoms with Crippen LogP contribution in [0.25, 0.3) is 0 Å². The van der Waals surface area contributed by atoms with Crippen LogP contribution in [0.1, 0.15) is 30.9 Å². The third kappa shape index (κ3) is 1.18. The average Bonchev–Trinajstić information content (AvgIpc) is 2.32. The average molecular weight is 150 g/mol. The lowest BCUT2D eigenvalue weighted by atomic mass is 9.78. The van der Waals surface area contributed by atoms with Crippen LogP contribution in [0.2, 0.25) is 0 Å². The van der Waals surface area contributed by atoms with E-state index in [0.29, 0.717) is 0 Å². The van der Waals surface area contributed by atoms with Gasteiger partial charge in [0.05, 0.1) is 0 Å². The molecule has 1 aliphatic rings. The van der Waals surface area contributed by atoms with Gasteiger partial charge in [-0.05, 0) is 30.4 Å². The van der Waals surface area contributed by atoms with Gasteiger partial charge < -0.3 is 10.7 Å². The molecule has 1 atom stereocenters. The first kappa shape index (κ1) is 6.92. The van der Waals surface area contributed by atoms with E-state index in [1.165, 1.54) is 24.8 Å². The summed E-state index contributed by atoms with van der Waals surface area (Å²) in [6, 6.07) is 2.35. The summed E-state index contributed by atoms with van der Waals surface area (Å²) in [5.74, 6) is 0.741. The first-order valence-electron chi connectivity index (χ1n) is 4.26. The second-order valence-electron chi connectivity index (χ2n) is 3.36. The summed E-state index contributed by atoms with van der Waals surface area (Å²) in [7, 11) is 0. The van der Waals surface area contributed by atoms with Gasteiger partial charge in [-0.25, -0.2) is 0 Å². The largest absolute Gasteiger partial charge is 0.367 e.